The first kappa shape index (κ1) is 16.7. The summed E-state index contributed by atoms with van der Waals surface area (Å²) in [6.45, 7) is 10.1. The van der Waals surface area contributed by atoms with Crippen LogP contribution in [-0.2, 0) is 4.79 Å². The second kappa shape index (κ2) is 4.52. The van der Waals surface area contributed by atoms with Crippen molar-refractivity contribution < 1.29 is 20.1 Å². The summed E-state index contributed by atoms with van der Waals surface area (Å²) in [6, 6.07) is 0. The van der Waals surface area contributed by atoms with E-state index in [9.17, 15) is 20.1 Å². The zero-order valence-corrected chi connectivity index (χ0v) is 15.0. The lowest BCUT2D eigenvalue weighted by molar-refractivity contribution is -0.169. The van der Waals surface area contributed by atoms with Crippen LogP contribution in [0.15, 0.2) is 12.2 Å². The summed E-state index contributed by atoms with van der Waals surface area (Å²) in [4.78, 5) is 12.6. The molecule has 134 valence electrons. The molecule has 3 N–H and O–H groups in total. The van der Waals surface area contributed by atoms with E-state index in [0.717, 1.165) is 24.8 Å². The summed E-state index contributed by atoms with van der Waals surface area (Å²) in [6.07, 6.45) is 2.33. The van der Waals surface area contributed by atoms with Crippen molar-refractivity contribution in [3.05, 3.63) is 12.2 Å². The molecule has 4 fully saturated rings. The smallest absolute Gasteiger partial charge is 0.139 e. The average molecular weight is 334 g/mol. The van der Waals surface area contributed by atoms with Crippen LogP contribution in [0.5, 0.6) is 0 Å². The van der Waals surface area contributed by atoms with Gasteiger partial charge in [0.2, 0.25) is 0 Å². The molecule has 0 aromatic rings. The van der Waals surface area contributed by atoms with E-state index in [1.807, 2.05) is 13.8 Å². The van der Waals surface area contributed by atoms with Gasteiger partial charge in [-0.05, 0) is 43.4 Å². The van der Waals surface area contributed by atoms with Crippen LogP contribution >= 0.6 is 0 Å². The first-order valence-corrected chi connectivity index (χ1v) is 9.28. The van der Waals surface area contributed by atoms with Gasteiger partial charge in [0, 0.05) is 23.2 Å². The van der Waals surface area contributed by atoms with Crippen LogP contribution in [0.25, 0.3) is 0 Å². The molecule has 4 saturated carbocycles. The normalized spacial score (nSPS) is 55.9. The maximum Gasteiger partial charge on any atom is 0.139 e. The molecule has 0 aromatic heterocycles. The van der Waals surface area contributed by atoms with Crippen molar-refractivity contribution in [1.82, 2.24) is 0 Å². The van der Waals surface area contributed by atoms with E-state index in [-0.39, 0.29) is 22.7 Å². The summed E-state index contributed by atoms with van der Waals surface area (Å²) >= 11 is 0. The van der Waals surface area contributed by atoms with Gasteiger partial charge < -0.3 is 15.3 Å². The van der Waals surface area contributed by atoms with E-state index < -0.39 is 23.2 Å². The Labute approximate surface area is 144 Å². The van der Waals surface area contributed by atoms with Crippen LogP contribution in [0.4, 0.5) is 0 Å². The molecular weight excluding hydrogens is 304 g/mol. The molecular formula is C20H30O4. The molecule has 2 bridgehead atoms. The van der Waals surface area contributed by atoms with Crippen LogP contribution in [0.1, 0.15) is 59.3 Å². The van der Waals surface area contributed by atoms with Gasteiger partial charge in [0.05, 0.1) is 12.2 Å². The van der Waals surface area contributed by atoms with Crippen molar-refractivity contribution in [1.29, 1.82) is 0 Å². The quantitative estimate of drug-likeness (QED) is 0.594. The lowest BCUT2D eigenvalue weighted by Gasteiger charge is -2.45. The van der Waals surface area contributed by atoms with Crippen molar-refractivity contribution >= 4 is 5.78 Å². The van der Waals surface area contributed by atoms with Crippen LogP contribution < -0.4 is 0 Å². The van der Waals surface area contributed by atoms with E-state index in [1.54, 1.807) is 0 Å². The van der Waals surface area contributed by atoms with Crippen molar-refractivity contribution in [2.75, 3.05) is 0 Å². The topological polar surface area (TPSA) is 77.8 Å². The fourth-order valence-electron chi connectivity index (χ4n) is 6.87. The minimum atomic E-state index is -1.38. The Morgan fingerprint density at radius 1 is 1.12 bits per heavy atom. The lowest BCUT2D eigenvalue weighted by atomic mass is 9.60. The Morgan fingerprint density at radius 2 is 1.79 bits per heavy atom. The maximum atomic E-state index is 12.6. The van der Waals surface area contributed by atoms with E-state index in [1.165, 1.54) is 0 Å². The predicted octanol–water partition coefficient (Wildman–Crippen LogP) is 2.21. The molecule has 1 spiro atoms. The molecule has 4 heteroatoms. The number of fused-ring (bicyclic) bond motifs is 2. The third-order valence-corrected chi connectivity index (χ3v) is 8.51. The molecule has 0 amide bonds. The number of rotatable bonds is 0. The minimum absolute atomic E-state index is 0.159. The van der Waals surface area contributed by atoms with Gasteiger partial charge in [0.25, 0.3) is 0 Å². The molecule has 0 saturated heterocycles. The third-order valence-electron chi connectivity index (χ3n) is 8.51. The number of hydrogen-bond donors (Lipinski definition) is 3. The van der Waals surface area contributed by atoms with Gasteiger partial charge in [-0.25, -0.2) is 0 Å². The molecule has 24 heavy (non-hydrogen) atoms. The second-order valence-corrected chi connectivity index (χ2v) is 9.94. The Balaban J connectivity index is 1.83. The molecule has 7 atom stereocenters. The molecule has 4 rings (SSSR count). The van der Waals surface area contributed by atoms with Gasteiger partial charge in [0.1, 0.15) is 11.4 Å². The van der Waals surface area contributed by atoms with Gasteiger partial charge in [-0.1, -0.05) is 32.9 Å². The van der Waals surface area contributed by atoms with Crippen LogP contribution in [0, 0.1) is 28.1 Å². The number of aliphatic hydroxyl groups is 3. The highest BCUT2D eigenvalue weighted by Gasteiger charge is 2.70. The van der Waals surface area contributed by atoms with Gasteiger partial charge in [0.15, 0.2) is 0 Å². The Morgan fingerprint density at radius 3 is 2.46 bits per heavy atom. The summed E-state index contributed by atoms with van der Waals surface area (Å²) in [5.74, 6) is 0.164. The van der Waals surface area contributed by atoms with Crippen molar-refractivity contribution in [3.63, 3.8) is 0 Å². The van der Waals surface area contributed by atoms with Gasteiger partial charge >= 0.3 is 0 Å². The number of aliphatic hydroxyl groups excluding tert-OH is 2. The summed E-state index contributed by atoms with van der Waals surface area (Å²) in [7, 11) is 0. The molecule has 0 aliphatic heterocycles. The van der Waals surface area contributed by atoms with E-state index in [0.29, 0.717) is 25.0 Å². The maximum absolute atomic E-state index is 12.6. The first-order valence-electron chi connectivity index (χ1n) is 9.28. The number of carbonyl (C=O) groups excluding carboxylic acids is 1. The lowest BCUT2D eigenvalue weighted by Crippen LogP contribution is -2.56. The van der Waals surface area contributed by atoms with Crippen molar-refractivity contribution in [3.8, 4) is 0 Å². The molecule has 4 nitrogen and oxygen atoms in total. The van der Waals surface area contributed by atoms with E-state index in [4.69, 9.17) is 0 Å². The average Bonchev–Trinajstić information content (AvgIpc) is 2.76. The van der Waals surface area contributed by atoms with Crippen LogP contribution in [-0.4, -0.2) is 38.9 Å². The number of ketones is 1. The second-order valence-electron chi connectivity index (χ2n) is 9.94. The zero-order chi connectivity index (χ0) is 17.7. The van der Waals surface area contributed by atoms with Gasteiger partial charge in [-0.2, -0.15) is 0 Å². The molecule has 4 aliphatic rings. The standard InChI is InChI=1S/C20H30O4/c1-11-12-5-6-18(4)10-19(12,8-15(18)22)9-16(23)20(24)13(11)7-14(21)17(20,2)3/h12-14,16,21,23-24H,1,5-10H2,2-4H3. The van der Waals surface area contributed by atoms with E-state index in [2.05, 4.69) is 13.5 Å². The summed E-state index contributed by atoms with van der Waals surface area (Å²) in [5, 5.41) is 33.2. The number of hydrogen-bond acceptors (Lipinski definition) is 4. The Kier molecular flexibility index (Phi) is 3.15. The Hall–Kier alpha value is -0.710. The van der Waals surface area contributed by atoms with Gasteiger partial charge in [-0.15, -0.1) is 0 Å². The highest BCUT2D eigenvalue weighted by atomic mass is 16.4. The summed E-state index contributed by atoms with van der Waals surface area (Å²) in [5.41, 5.74) is -1.75. The molecule has 0 radical (unpaired) electrons. The minimum Gasteiger partial charge on any atom is -0.392 e. The number of carbonyl (C=O) groups is 1. The molecule has 4 aliphatic carbocycles. The number of Topliss-reactive ketones (excluding diaryl/α,β-unsaturated/α-hetero) is 1. The Bertz CT molecular complexity index is 625. The fraction of sp³-hybridized carbons (Fsp3) is 0.850. The van der Waals surface area contributed by atoms with Crippen molar-refractivity contribution in [2.24, 2.45) is 28.1 Å². The zero-order valence-electron chi connectivity index (χ0n) is 15.0. The monoisotopic (exact) mass is 334 g/mol. The van der Waals surface area contributed by atoms with Crippen molar-refractivity contribution in [2.45, 2.75) is 77.1 Å². The molecule has 0 heterocycles. The third kappa shape index (κ3) is 1.68. The fourth-order valence-corrected chi connectivity index (χ4v) is 6.87. The SMILES string of the molecule is C=C1C2CCC3(C)CC2(CC3=O)CC(O)C2(O)C1CC(O)C2(C)C. The van der Waals surface area contributed by atoms with Gasteiger partial charge in [-0.3, -0.25) is 4.79 Å². The van der Waals surface area contributed by atoms with E-state index >= 15 is 0 Å². The van der Waals surface area contributed by atoms with Crippen LogP contribution in [0.3, 0.4) is 0 Å². The molecule has 7 unspecified atom stereocenters. The summed E-state index contributed by atoms with van der Waals surface area (Å²) < 4.78 is 0. The first-order chi connectivity index (χ1) is 11.0. The van der Waals surface area contributed by atoms with Crippen LogP contribution in [0.2, 0.25) is 0 Å². The highest BCUT2D eigenvalue weighted by Crippen LogP contribution is 2.68. The largest absolute Gasteiger partial charge is 0.392 e. The highest BCUT2D eigenvalue weighted by molar-refractivity contribution is 5.88. The predicted molar refractivity (Wildman–Crippen MR) is 90.1 cm³/mol. The molecule has 0 aromatic carbocycles.